The van der Waals surface area contributed by atoms with Gasteiger partial charge in [0.15, 0.2) is 6.61 Å². The molecule has 7 nitrogen and oxygen atoms in total. The van der Waals surface area contributed by atoms with Gasteiger partial charge in [0.2, 0.25) is 0 Å². The van der Waals surface area contributed by atoms with E-state index in [-0.39, 0.29) is 17.1 Å². The Morgan fingerprint density at radius 1 is 1.13 bits per heavy atom. The Labute approximate surface area is 170 Å². The van der Waals surface area contributed by atoms with E-state index < -0.39 is 29.2 Å². The fourth-order valence-corrected chi connectivity index (χ4v) is 3.25. The number of rotatable bonds is 6. The largest absolute Gasteiger partial charge is 0.484 e. The molecule has 0 aliphatic carbocycles. The second kappa shape index (κ2) is 9.02. The number of amides is 1. The van der Waals surface area contributed by atoms with E-state index in [9.17, 15) is 28.1 Å². The molecule has 3 rings (SSSR count). The molecule has 0 spiro atoms. The summed E-state index contributed by atoms with van der Waals surface area (Å²) in [5.74, 6) is -0.557. The van der Waals surface area contributed by atoms with Crippen LogP contribution in [0.1, 0.15) is 24.8 Å². The predicted molar refractivity (Wildman–Crippen MR) is 105 cm³/mol. The van der Waals surface area contributed by atoms with Crippen molar-refractivity contribution in [2.75, 3.05) is 29.9 Å². The maximum atomic E-state index is 13.1. The summed E-state index contributed by atoms with van der Waals surface area (Å²) in [7, 11) is 0. The minimum Gasteiger partial charge on any atom is -0.484 e. The van der Waals surface area contributed by atoms with Gasteiger partial charge in [-0.05, 0) is 43.5 Å². The van der Waals surface area contributed by atoms with Gasteiger partial charge in [-0.25, -0.2) is 0 Å². The molecule has 1 heterocycles. The number of hydrogen-bond donors (Lipinski definition) is 1. The van der Waals surface area contributed by atoms with Crippen molar-refractivity contribution in [2.24, 2.45) is 0 Å². The van der Waals surface area contributed by atoms with E-state index in [1.165, 1.54) is 24.3 Å². The average molecular weight is 423 g/mol. The minimum atomic E-state index is -4.54. The number of nitrogens with one attached hydrogen (secondary N) is 1. The molecule has 1 aliphatic rings. The van der Waals surface area contributed by atoms with Crippen molar-refractivity contribution in [3.05, 3.63) is 58.1 Å². The Morgan fingerprint density at radius 3 is 2.53 bits per heavy atom. The van der Waals surface area contributed by atoms with Crippen LogP contribution >= 0.6 is 0 Å². The van der Waals surface area contributed by atoms with Gasteiger partial charge in [0.25, 0.3) is 11.6 Å². The summed E-state index contributed by atoms with van der Waals surface area (Å²) in [5.41, 5.74) is -0.484. The van der Waals surface area contributed by atoms with Crippen molar-refractivity contribution in [2.45, 2.75) is 25.4 Å². The predicted octanol–water partition coefficient (Wildman–Crippen LogP) is 4.62. The second-order valence-electron chi connectivity index (χ2n) is 6.87. The van der Waals surface area contributed by atoms with Crippen molar-refractivity contribution in [1.29, 1.82) is 0 Å². The van der Waals surface area contributed by atoms with Crippen LogP contribution in [0, 0.1) is 10.1 Å². The van der Waals surface area contributed by atoms with Crippen LogP contribution < -0.4 is 15.0 Å². The van der Waals surface area contributed by atoms with Crippen LogP contribution in [0.2, 0.25) is 0 Å². The molecule has 0 atom stereocenters. The summed E-state index contributed by atoms with van der Waals surface area (Å²) in [5, 5.41) is 13.3. The first-order chi connectivity index (χ1) is 14.2. The van der Waals surface area contributed by atoms with Crippen LogP contribution in [0.15, 0.2) is 42.5 Å². The van der Waals surface area contributed by atoms with Crippen molar-refractivity contribution in [3.63, 3.8) is 0 Å². The summed E-state index contributed by atoms with van der Waals surface area (Å²) in [6, 6.07) is 8.58. The zero-order valence-corrected chi connectivity index (χ0v) is 15.9. The van der Waals surface area contributed by atoms with Gasteiger partial charge in [-0.15, -0.1) is 0 Å². The fourth-order valence-electron chi connectivity index (χ4n) is 3.25. The van der Waals surface area contributed by atoms with Crippen LogP contribution in [0.4, 0.5) is 30.2 Å². The molecule has 0 unspecified atom stereocenters. The van der Waals surface area contributed by atoms with Gasteiger partial charge < -0.3 is 15.0 Å². The highest BCUT2D eigenvalue weighted by atomic mass is 19.4. The molecule has 0 aromatic heterocycles. The fraction of sp³-hybridized carbons (Fsp3) is 0.350. The Kier molecular flexibility index (Phi) is 6.43. The topological polar surface area (TPSA) is 84.7 Å². The number of anilines is 2. The molecular weight excluding hydrogens is 403 g/mol. The van der Waals surface area contributed by atoms with Gasteiger partial charge in [0, 0.05) is 19.2 Å². The Balaban J connectivity index is 1.75. The number of carbonyl (C=O) groups is 1. The lowest BCUT2D eigenvalue weighted by Crippen LogP contribution is -2.31. The average Bonchev–Trinajstić information content (AvgIpc) is 2.72. The van der Waals surface area contributed by atoms with Crippen molar-refractivity contribution >= 4 is 23.0 Å². The molecule has 30 heavy (non-hydrogen) atoms. The number of nitro benzene ring substituents is 1. The number of benzene rings is 2. The standard InChI is InChI=1S/C20H20F3N3O4/c21-20(22,23)14-7-8-18(25-9-2-1-3-10-25)17(11-14)24-19(27)13-30-16-6-4-5-15(12-16)26(28)29/h4-8,11-12H,1-3,9-10,13H2,(H,24,27). The van der Waals surface area contributed by atoms with Gasteiger partial charge in [0.1, 0.15) is 5.75 Å². The number of nitrogens with zero attached hydrogens (tertiary/aromatic N) is 2. The van der Waals surface area contributed by atoms with Crippen LogP contribution in [-0.4, -0.2) is 30.5 Å². The Morgan fingerprint density at radius 2 is 1.87 bits per heavy atom. The number of nitro groups is 1. The lowest BCUT2D eigenvalue weighted by atomic mass is 10.1. The smallest absolute Gasteiger partial charge is 0.416 e. The molecule has 1 N–H and O–H groups in total. The van der Waals surface area contributed by atoms with E-state index in [2.05, 4.69) is 5.32 Å². The third kappa shape index (κ3) is 5.40. The molecular formula is C20H20F3N3O4. The number of alkyl halides is 3. The first kappa shape index (κ1) is 21.4. The zero-order valence-electron chi connectivity index (χ0n) is 15.9. The summed E-state index contributed by atoms with van der Waals surface area (Å²) >= 11 is 0. The quantitative estimate of drug-likeness (QED) is 0.541. The first-order valence-electron chi connectivity index (χ1n) is 9.37. The van der Waals surface area contributed by atoms with E-state index in [0.717, 1.165) is 37.5 Å². The molecule has 0 radical (unpaired) electrons. The van der Waals surface area contributed by atoms with Crippen molar-refractivity contribution in [1.82, 2.24) is 0 Å². The highest BCUT2D eigenvalue weighted by Gasteiger charge is 2.32. The maximum Gasteiger partial charge on any atom is 0.416 e. The van der Waals surface area contributed by atoms with Gasteiger partial charge in [-0.1, -0.05) is 6.07 Å². The van der Waals surface area contributed by atoms with Crippen LogP contribution in [0.5, 0.6) is 5.75 Å². The third-order valence-corrected chi connectivity index (χ3v) is 4.69. The van der Waals surface area contributed by atoms with E-state index >= 15 is 0 Å². The number of ether oxygens (including phenoxy) is 1. The zero-order chi connectivity index (χ0) is 21.7. The summed E-state index contributed by atoms with van der Waals surface area (Å²) in [4.78, 5) is 24.5. The first-order valence-corrected chi connectivity index (χ1v) is 9.37. The van der Waals surface area contributed by atoms with Gasteiger partial charge in [-0.3, -0.25) is 14.9 Å². The summed E-state index contributed by atoms with van der Waals surface area (Å²) in [6.45, 7) is 0.883. The molecule has 0 bridgehead atoms. The molecule has 2 aromatic carbocycles. The molecule has 0 saturated carbocycles. The van der Waals surface area contributed by atoms with Gasteiger partial charge >= 0.3 is 6.18 Å². The molecule has 1 aliphatic heterocycles. The monoisotopic (exact) mass is 423 g/mol. The SMILES string of the molecule is O=C(COc1cccc([N+](=O)[O-])c1)Nc1cc(C(F)(F)F)ccc1N1CCCCC1. The van der Waals surface area contributed by atoms with E-state index in [0.29, 0.717) is 18.8 Å². The molecule has 160 valence electrons. The number of non-ortho nitro benzene ring substituents is 1. The number of piperidine rings is 1. The van der Waals surface area contributed by atoms with E-state index in [1.54, 1.807) is 0 Å². The Bertz CT molecular complexity index is 928. The summed E-state index contributed by atoms with van der Waals surface area (Å²) in [6.07, 6.45) is -1.65. The van der Waals surface area contributed by atoms with E-state index in [4.69, 9.17) is 4.74 Å². The second-order valence-corrected chi connectivity index (χ2v) is 6.87. The highest BCUT2D eigenvalue weighted by molar-refractivity contribution is 5.95. The molecule has 1 saturated heterocycles. The molecule has 1 amide bonds. The molecule has 2 aromatic rings. The van der Waals surface area contributed by atoms with Crippen LogP contribution in [0.3, 0.4) is 0 Å². The molecule has 10 heteroatoms. The lowest BCUT2D eigenvalue weighted by Gasteiger charge is -2.31. The number of hydrogen-bond acceptors (Lipinski definition) is 5. The Hall–Kier alpha value is -3.30. The maximum absolute atomic E-state index is 13.1. The minimum absolute atomic E-state index is 0.0550. The van der Waals surface area contributed by atoms with E-state index in [1.807, 2.05) is 4.90 Å². The normalized spacial score (nSPS) is 14.3. The number of halogens is 3. The van der Waals surface area contributed by atoms with Crippen molar-refractivity contribution in [3.8, 4) is 5.75 Å². The van der Waals surface area contributed by atoms with Crippen molar-refractivity contribution < 1.29 is 27.6 Å². The lowest BCUT2D eigenvalue weighted by molar-refractivity contribution is -0.384. The number of carbonyl (C=O) groups excluding carboxylic acids is 1. The van der Waals surface area contributed by atoms with Crippen LogP contribution in [0.25, 0.3) is 0 Å². The summed E-state index contributed by atoms with van der Waals surface area (Å²) < 4.78 is 44.7. The van der Waals surface area contributed by atoms with Gasteiger partial charge in [-0.2, -0.15) is 13.2 Å². The molecule has 1 fully saturated rings. The van der Waals surface area contributed by atoms with Gasteiger partial charge in [0.05, 0.1) is 27.9 Å². The van der Waals surface area contributed by atoms with Crippen LogP contribution in [-0.2, 0) is 11.0 Å². The highest BCUT2D eigenvalue weighted by Crippen LogP contribution is 2.36. The third-order valence-electron chi connectivity index (χ3n) is 4.69.